The van der Waals surface area contributed by atoms with E-state index in [1.807, 2.05) is 13.8 Å². The predicted molar refractivity (Wildman–Crippen MR) is 148 cm³/mol. The maximum absolute atomic E-state index is 13.0. The van der Waals surface area contributed by atoms with Gasteiger partial charge in [-0.15, -0.1) is 0 Å². The maximum atomic E-state index is 13.0. The average molecular weight is 578 g/mol. The van der Waals surface area contributed by atoms with Crippen molar-refractivity contribution in [3.63, 3.8) is 0 Å². The molecule has 0 spiro atoms. The number of hydrogen-bond acceptors (Lipinski definition) is 9. The molecule has 0 saturated heterocycles. The Hall–Kier alpha value is -4.89. The van der Waals surface area contributed by atoms with Crippen LogP contribution in [-0.2, 0) is 13.1 Å². The lowest BCUT2D eigenvalue weighted by Crippen LogP contribution is -2.18. The fraction of sp³-hybridized carbons (Fsp3) is 0.160. The molecule has 2 aromatic carbocycles. The minimum atomic E-state index is -0.685. The highest BCUT2D eigenvalue weighted by atomic mass is 32.1. The summed E-state index contributed by atoms with van der Waals surface area (Å²) in [5.41, 5.74) is 1.15. The van der Waals surface area contributed by atoms with E-state index < -0.39 is 21.7 Å². The highest BCUT2D eigenvalue weighted by molar-refractivity contribution is 7.16. The first kappa shape index (κ1) is 26.7. The van der Waals surface area contributed by atoms with Crippen LogP contribution in [0.15, 0.2) is 64.6 Å². The van der Waals surface area contributed by atoms with Crippen molar-refractivity contribution >= 4 is 66.3 Å². The van der Waals surface area contributed by atoms with Gasteiger partial charge in [0.1, 0.15) is 11.4 Å². The van der Waals surface area contributed by atoms with E-state index in [-0.39, 0.29) is 22.8 Å². The van der Waals surface area contributed by atoms with Gasteiger partial charge in [0.15, 0.2) is 9.60 Å². The van der Waals surface area contributed by atoms with Gasteiger partial charge in [-0.1, -0.05) is 28.7 Å². The van der Waals surface area contributed by atoms with E-state index in [2.05, 4.69) is 15.0 Å². The number of nitro benzene ring substituents is 2. The quantitative estimate of drug-likeness (QED) is 0.212. The number of fused-ring (bicyclic) bond motifs is 2. The summed E-state index contributed by atoms with van der Waals surface area (Å²) in [6, 6.07) is 13.3. The summed E-state index contributed by atoms with van der Waals surface area (Å²) in [4.78, 5) is 60.6. The molecule has 0 aliphatic heterocycles. The monoisotopic (exact) mass is 577 g/mol. The first-order chi connectivity index (χ1) is 19.2. The minimum Gasteiger partial charge on any atom is -0.317 e. The number of carbonyl (C=O) groups is 2. The second-order valence-corrected chi connectivity index (χ2v) is 10.3. The van der Waals surface area contributed by atoms with Gasteiger partial charge in [-0.3, -0.25) is 29.8 Å². The largest absolute Gasteiger partial charge is 0.317 e. The summed E-state index contributed by atoms with van der Waals surface area (Å²) in [5, 5.41) is 22.3. The van der Waals surface area contributed by atoms with E-state index in [0.717, 1.165) is 22.7 Å². The van der Waals surface area contributed by atoms with E-state index in [4.69, 9.17) is 0 Å². The van der Waals surface area contributed by atoms with Crippen LogP contribution in [0, 0.1) is 20.2 Å². The van der Waals surface area contributed by atoms with Crippen LogP contribution >= 0.6 is 22.7 Å². The molecule has 0 saturated carbocycles. The number of thiazole rings is 2. The molecule has 15 heteroatoms. The first-order valence-electron chi connectivity index (χ1n) is 11.9. The molecule has 0 bridgehead atoms. The second-order valence-electron chi connectivity index (χ2n) is 8.32. The predicted octanol–water partition coefficient (Wildman–Crippen LogP) is 4.45. The average Bonchev–Trinajstić information content (AvgIpc) is 3.48. The number of nitrogens with zero attached hydrogens (tertiary/aromatic N) is 7. The zero-order valence-corrected chi connectivity index (χ0v) is 22.6. The molecule has 0 radical (unpaired) electrons. The van der Waals surface area contributed by atoms with Gasteiger partial charge in [0.25, 0.3) is 23.2 Å². The van der Waals surface area contributed by atoms with E-state index in [0.29, 0.717) is 43.1 Å². The molecule has 3 aromatic heterocycles. The summed E-state index contributed by atoms with van der Waals surface area (Å²) in [6.45, 7) is 4.69. The molecular formula is C25H19N7O6S2. The van der Waals surface area contributed by atoms with Gasteiger partial charge in [-0.25, -0.2) is 4.98 Å². The van der Waals surface area contributed by atoms with Gasteiger partial charge in [-0.05, 0) is 38.1 Å². The maximum Gasteiger partial charge on any atom is 0.298 e. The standard InChI is InChI=1S/C25H19N7O6S2/c1-3-29-18-10-8-14(31(35)36)12-20(18)39-24(29)27-22(33)16-6-5-7-17(26-16)23(34)28-25-30(4-2)19-11-9-15(32(37)38)13-21(19)40-25/h5-13H,3-4H2,1-2H3. The van der Waals surface area contributed by atoms with Crippen molar-refractivity contribution in [2.24, 2.45) is 9.98 Å². The molecule has 3 heterocycles. The molecule has 0 fully saturated rings. The first-order valence-corrected chi connectivity index (χ1v) is 13.5. The Labute approximate surface area is 232 Å². The van der Waals surface area contributed by atoms with Gasteiger partial charge in [-0.2, -0.15) is 9.98 Å². The molecule has 2 amide bonds. The number of rotatable bonds is 6. The smallest absolute Gasteiger partial charge is 0.298 e. The number of aromatic nitrogens is 3. The number of aryl methyl sites for hydroxylation is 2. The molecule has 202 valence electrons. The van der Waals surface area contributed by atoms with Crippen LogP contribution in [0.4, 0.5) is 11.4 Å². The van der Waals surface area contributed by atoms with E-state index >= 15 is 0 Å². The SMILES string of the molecule is CCn1c(=NC(=O)c2cccc(C(=O)N=c3sc4cc([N+](=O)[O-])ccc4n3CC)n2)sc2cc([N+](=O)[O-])ccc21. The Bertz CT molecular complexity index is 1860. The number of benzene rings is 2. The normalized spacial score (nSPS) is 12.3. The van der Waals surface area contributed by atoms with Gasteiger partial charge >= 0.3 is 0 Å². The third-order valence-electron chi connectivity index (χ3n) is 5.97. The number of amides is 2. The van der Waals surface area contributed by atoms with E-state index in [9.17, 15) is 29.8 Å². The molecule has 5 aromatic rings. The molecule has 40 heavy (non-hydrogen) atoms. The Kier molecular flexibility index (Phi) is 7.15. The highest BCUT2D eigenvalue weighted by Gasteiger charge is 2.16. The van der Waals surface area contributed by atoms with Gasteiger partial charge < -0.3 is 9.13 Å². The molecule has 0 atom stereocenters. The summed E-state index contributed by atoms with van der Waals surface area (Å²) < 4.78 is 4.75. The lowest BCUT2D eigenvalue weighted by Gasteiger charge is -2.01. The molecule has 0 aliphatic rings. The van der Waals surface area contributed by atoms with Gasteiger partial charge in [0, 0.05) is 37.4 Å². The van der Waals surface area contributed by atoms with Crippen molar-refractivity contribution in [1.29, 1.82) is 0 Å². The van der Waals surface area contributed by atoms with Gasteiger partial charge in [0.05, 0.1) is 30.3 Å². The second kappa shape index (κ2) is 10.7. The fourth-order valence-corrected chi connectivity index (χ4v) is 6.34. The molecule has 0 N–H and O–H groups in total. The van der Waals surface area contributed by atoms with Crippen LogP contribution in [-0.4, -0.2) is 35.8 Å². The van der Waals surface area contributed by atoms with Crippen molar-refractivity contribution in [1.82, 2.24) is 14.1 Å². The molecule has 5 rings (SSSR count). The van der Waals surface area contributed by atoms with Crippen molar-refractivity contribution in [3.05, 3.63) is 95.8 Å². The summed E-state index contributed by atoms with van der Waals surface area (Å²) in [7, 11) is 0. The van der Waals surface area contributed by atoms with Crippen molar-refractivity contribution in [2.45, 2.75) is 26.9 Å². The summed E-state index contributed by atoms with van der Waals surface area (Å²) >= 11 is 2.28. The molecular weight excluding hydrogens is 558 g/mol. The number of nitro groups is 2. The van der Waals surface area contributed by atoms with E-state index in [1.165, 1.54) is 42.5 Å². The van der Waals surface area contributed by atoms with Gasteiger partial charge in [0.2, 0.25) is 0 Å². The molecule has 13 nitrogen and oxygen atoms in total. The lowest BCUT2D eigenvalue weighted by atomic mass is 10.3. The third-order valence-corrected chi connectivity index (χ3v) is 8.05. The number of pyridine rings is 1. The topological polar surface area (TPSA) is 168 Å². The van der Waals surface area contributed by atoms with Crippen molar-refractivity contribution in [2.75, 3.05) is 0 Å². The van der Waals surface area contributed by atoms with Crippen LogP contribution in [0.1, 0.15) is 34.8 Å². The van der Waals surface area contributed by atoms with Crippen LogP contribution in [0.2, 0.25) is 0 Å². The van der Waals surface area contributed by atoms with Crippen LogP contribution in [0.5, 0.6) is 0 Å². The zero-order chi connectivity index (χ0) is 28.6. The van der Waals surface area contributed by atoms with E-state index in [1.54, 1.807) is 21.3 Å². The van der Waals surface area contributed by atoms with Crippen LogP contribution < -0.4 is 9.60 Å². The Morgan fingerprint density at radius 3 is 1.57 bits per heavy atom. The third kappa shape index (κ3) is 4.94. The summed E-state index contributed by atoms with van der Waals surface area (Å²) in [5.74, 6) is -1.37. The number of hydrogen-bond donors (Lipinski definition) is 0. The summed E-state index contributed by atoms with van der Waals surface area (Å²) in [6.07, 6.45) is 0. The van der Waals surface area contributed by atoms with Crippen molar-refractivity contribution in [3.8, 4) is 0 Å². The Morgan fingerprint density at radius 1 is 0.775 bits per heavy atom. The minimum absolute atomic E-state index is 0.0623. The number of non-ortho nitro benzene ring substituents is 2. The van der Waals surface area contributed by atoms with Crippen LogP contribution in [0.25, 0.3) is 20.4 Å². The lowest BCUT2D eigenvalue weighted by molar-refractivity contribution is -0.384. The zero-order valence-electron chi connectivity index (χ0n) is 21.0. The fourth-order valence-electron chi connectivity index (χ4n) is 4.09. The van der Waals surface area contributed by atoms with Crippen molar-refractivity contribution < 1.29 is 19.4 Å². The molecule has 0 aliphatic carbocycles. The highest BCUT2D eigenvalue weighted by Crippen LogP contribution is 2.24. The van der Waals surface area contributed by atoms with Crippen LogP contribution in [0.3, 0.4) is 0 Å². The Morgan fingerprint density at radius 2 is 1.20 bits per heavy atom. The number of carbonyl (C=O) groups excluding carboxylic acids is 2. The Balaban J connectivity index is 1.51. The molecule has 0 unspecified atom stereocenters.